The second kappa shape index (κ2) is 5.71. The Kier molecular flexibility index (Phi) is 3.71. The van der Waals surface area contributed by atoms with Crippen LogP contribution >= 0.6 is 23.4 Å². The van der Waals surface area contributed by atoms with Crippen molar-refractivity contribution in [2.45, 2.75) is 10.6 Å². The van der Waals surface area contributed by atoms with E-state index in [1.807, 2.05) is 48.5 Å². The quantitative estimate of drug-likeness (QED) is 0.580. The first-order valence-electron chi connectivity index (χ1n) is 6.74. The molecule has 0 unspecified atom stereocenters. The number of hydrogen-bond donors (Lipinski definition) is 0. The SMILES string of the molecule is O=C1c2ccccc2SCc2nc(-c3ccc(Cl)cc3)[se]c21. The Morgan fingerprint density at radius 3 is 2.68 bits per heavy atom. The van der Waals surface area contributed by atoms with E-state index in [1.165, 1.54) is 0 Å². The van der Waals surface area contributed by atoms with Crippen molar-refractivity contribution in [1.29, 1.82) is 0 Å². The summed E-state index contributed by atoms with van der Waals surface area (Å²) in [5.41, 5.74) is 2.81. The van der Waals surface area contributed by atoms with Crippen LogP contribution in [0.25, 0.3) is 10.1 Å². The van der Waals surface area contributed by atoms with E-state index in [0.717, 1.165) is 36.5 Å². The standard InChI is InChI=1S/C17H10ClNOSSe/c18-11-7-5-10(6-8-11)17-19-13-9-21-14-4-2-1-3-12(14)15(20)16(13)22-17/h1-8H,9H2. The number of halogens is 1. The summed E-state index contributed by atoms with van der Waals surface area (Å²) in [4.78, 5) is 18.6. The van der Waals surface area contributed by atoms with Gasteiger partial charge in [0.25, 0.3) is 0 Å². The number of benzene rings is 2. The molecule has 2 nitrogen and oxygen atoms in total. The fraction of sp³-hybridized carbons (Fsp3) is 0.0588. The molecule has 1 aliphatic rings. The second-order valence-electron chi connectivity index (χ2n) is 4.92. The molecule has 1 aromatic heterocycles. The van der Waals surface area contributed by atoms with Crippen LogP contribution in [0.5, 0.6) is 0 Å². The van der Waals surface area contributed by atoms with Gasteiger partial charge in [0.15, 0.2) is 0 Å². The third-order valence-corrected chi connectivity index (χ3v) is 7.23. The first-order chi connectivity index (χ1) is 10.7. The molecule has 0 aliphatic carbocycles. The summed E-state index contributed by atoms with van der Waals surface area (Å²) in [6, 6.07) is 15.5. The van der Waals surface area contributed by atoms with E-state index in [-0.39, 0.29) is 20.3 Å². The third kappa shape index (κ3) is 2.46. The van der Waals surface area contributed by atoms with E-state index in [1.54, 1.807) is 11.8 Å². The number of aromatic nitrogens is 1. The molecule has 0 bridgehead atoms. The molecule has 4 rings (SSSR count). The van der Waals surface area contributed by atoms with E-state index >= 15 is 0 Å². The predicted molar refractivity (Wildman–Crippen MR) is 91.1 cm³/mol. The summed E-state index contributed by atoms with van der Waals surface area (Å²) in [5, 5.41) is 0.713. The Labute approximate surface area is 143 Å². The molecule has 0 amide bonds. The van der Waals surface area contributed by atoms with Crippen LogP contribution < -0.4 is 0 Å². The molecule has 0 saturated carbocycles. The Bertz CT molecular complexity index is 873. The molecule has 0 N–H and O–H groups in total. The van der Waals surface area contributed by atoms with Crippen molar-refractivity contribution in [2.75, 3.05) is 0 Å². The van der Waals surface area contributed by atoms with Gasteiger partial charge < -0.3 is 0 Å². The zero-order chi connectivity index (χ0) is 15.1. The monoisotopic (exact) mass is 391 g/mol. The zero-order valence-corrected chi connectivity index (χ0v) is 14.7. The van der Waals surface area contributed by atoms with Crippen LogP contribution in [0, 0.1) is 0 Å². The van der Waals surface area contributed by atoms with E-state index < -0.39 is 0 Å². The number of ketones is 1. The van der Waals surface area contributed by atoms with Gasteiger partial charge in [-0.15, -0.1) is 0 Å². The van der Waals surface area contributed by atoms with Crippen LogP contribution in [-0.4, -0.2) is 25.3 Å². The molecule has 2 aromatic carbocycles. The van der Waals surface area contributed by atoms with Crippen LogP contribution in [0.2, 0.25) is 5.02 Å². The van der Waals surface area contributed by atoms with Crippen molar-refractivity contribution in [3.63, 3.8) is 0 Å². The van der Waals surface area contributed by atoms with Crippen LogP contribution in [0.1, 0.15) is 20.5 Å². The van der Waals surface area contributed by atoms with Gasteiger partial charge in [-0.1, -0.05) is 0 Å². The maximum atomic E-state index is 12.8. The normalized spacial score (nSPS) is 13.4. The molecule has 0 atom stereocenters. The van der Waals surface area contributed by atoms with Crippen molar-refractivity contribution < 1.29 is 4.79 Å². The van der Waals surface area contributed by atoms with Crippen molar-refractivity contribution in [1.82, 2.24) is 4.98 Å². The van der Waals surface area contributed by atoms with E-state index in [0.29, 0.717) is 5.02 Å². The van der Waals surface area contributed by atoms with Crippen LogP contribution in [0.15, 0.2) is 53.4 Å². The molecule has 0 saturated heterocycles. The van der Waals surface area contributed by atoms with Gasteiger partial charge in [0.05, 0.1) is 0 Å². The van der Waals surface area contributed by atoms with Gasteiger partial charge >= 0.3 is 143 Å². The van der Waals surface area contributed by atoms with Gasteiger partial charge in [-0.2, -0.15) is 0 Å². The number of fused-ring (bicyclic) bond motifs is 2. The molecular formula is C17H10ClNOSSe. The molecule has 0 spiro atoms. The van der Waals surface area contributed by atoms with E-state index in [4.69, 9.17) is 16.6 Å². The molecule has 1 aliphatic heterocycles. The molecule has 22 heavy (non-hydrogen) atoms. The molecule has 2 heterocycles. The van der Waals surface area contributed by atoms with E-state index in [9.17, 15) is 4.79 Å². The second-order valence-corrected chi connectivity index (χ2v) is 8.47. The summed E-state index contributed by atoms with van der Waals surface area (Å²) in [7, 11) is 0. The minimum atomic E-state index is -0.0434. The van der Waals surface area contributed by atoms with Crippen molar-refractivity contribution >= 4 is 43.6 Å². The molecule has 108 valence electrons. The summed E-state index contributed by atoms with van der Waals surface area (Å²) in [6.45, 7) is 0. The average molecular weight is 391 g/mol. The first-order valence-corrected chi connectivity index (χ1v) is 9.82. The van der Waals surface area contributed by atoms with Crippen LogP contribution in [0.3, 0.4) is 0 Å². The fourth-order valence-corrected chi connectivity index (χ4v) is 5.90. The summed E-state index contributed by atoms with van der Waals surface area (Å²) < 4.78 is 1.91. The Balaban J connectivity index is 1.80. The topological polar surface area (TPSA) is 30.0 Å². The third-order valence-electron chi connectivity index (χ3n) is 3.49. The molecule has 0 radical (unpaired) electrons. The Morgan fingerprint density at radius 1 is 1.09 bits per heavy atom. The fourth-order valence-electron chi connectivity index (χ4n) is 2.39. The number of hydrogen-bond acceptors (Lipinski definition) is 3. The Morgan fingerprint density at radius 2 is 1.86 bits per heavy atom. The number of thioether (sulfide) groups is 1. The van der Waals surface area contributed by atoms with Gasteiger partial charge in [0, 0.05) is 0 Å². The van der Waals surface area contributed by atoms with Gasteiger partial charge in [-0.3, -0.25) is 0 Å². The van der Waals surface area contributed by atoms with Crippen LogP contribution in [-0.2, 0) is 5.75 Å². The van der Waals surface area contributed by atoms with Crippen LogP contribution in [0.4, 0.5) is 0 Å². The Hall–Kier alpha value is -1.32. The predicted octanol–water partition coefficient (Wildman–Crippen LogP) is 4.30. The number of nitrogens with zero attached hydrogens (tertiary/aromatic N) is 1. The van der Waals surface area contributed by atoms with Crippen molar-refractivity contribution in [2.24, 2.45) is 0 Å². The average Bonchev–Trinajstić information content (AvgIpc) is 2.92. The van der Waals surface area contributed by atoms with Crippen molar-refractivity contribution in [3.8, 4) is 10.1 Å². The number of carbonyl (C=O) groups is 1. The van der Waals surface area contributed by atoms with Gasteiger partial charge in [0.1, 0.15) is 0 Å². The minimum absolute atomic E-state index is 0.0434. The molecule has 5 heteroatoms. The number of carbonyl (C=O) groups excluding carboxylic acids is 1. The maximum absolute atomic E-state index is 12.8. The van der Waals surface area contributed by atoms with Gasteiger partial charge in [-0.25, -0.2) is 0 Å². The number of rotatable bonds is 1. The molecule has 3 aromatic rings. The van der Waals surface area contributed by atoms with E-state index in [2.05, 4.69) is 0 Å². The summed E-state index contributed by atoms with van der Waals surface area (Å²) in [5.74, 6) is 0.903. The summed E-state index contributed by atoms with van der Waals surface area (Å²) in [6.07, 6.45) is 0. The molecule has 0 fully saturated rings. The van der Waals surface area contributed by atoms with Crippen molar-refractivity contribution in [3.05, 3.63) is 69.2 Å². The zero-order valence-electron chi connectivity index (χ0n) is 11.4. The first kappa shape index (κ1) is 14.3. The van der Waals surface area contributed by atoms with Gasteiger partial charge in [0.2, 0.25) is 0 Å². The van der Waals surface area contributed by atoms with Gasteiger partial charge in [-0.05, 0) is 0 Å². The summed E-state index contributed by atoms with van der Waals surface area (Å²) >= 11 is 7.59. The molecular weight excluding hydrogens is 381 g/mol.